The number of halogens is 1. The van der Waals surface area contributed by atoms with Crippen molar-refractivity contribution in [2.45, 2.75) is 26.2 Å². The van der Waals surface area contributed by atoms with Crippen LogP contribution in [0.15, 0.2) is 12.3 Å². The first-order valence-electron chi connectivity index (χ1n) is 6.51. The van der Waals surface area contributed by atoms with Crippen LogP contribution in [0, 0.1) is 17.7 Å². The third-order valence-electron chi connectivity index (χ3n) is 3.63. The Morgan fingerprint density at radius 2 is 2.37 bits per heavy atom. The molecule has 2 atom stereocenters. The van der Waals surface area contributed by atoms with Crippen molar-refractivity contribution in [2.75, 3.05) is 12.0 Å². The lowest BCUT2D eigenvalue weighted by atomic mass is 10.1. The number of nitrogen functional groups attached to an aromatic ring is 1. The van der Waals surface area contributed by atoms with Crippen molar-refractivity contribution in [2.24, 2.45) is 17.7 Å². The van der Waals surface area contributed by atoms with Crippen molar-refractivity contribution in [3.05, 3.63) is 23.6 Å². The number of nitrogens with zero attached hydrogens (tertiary/aromatic N) is 1. The van der Waals surface area contributed by atoms with E-state index in [0.29, 0.717) is 18.4 Å². The fraction of sp³-hybridized carbons (Fsp3) is 0.538. The molecule has 1 aliphatic carbocycles. The molecule has 0 spiro atoms. The second-order valence-corrected chi connectivity index (χ2v) is 5.16. The molecule has 0 saturated heterocycles. The average Bonchev–Trinajstić information content (AvgIpc) is 2.82. The first-order valence-corrected chi connectivity index (χ1v) is 6.51. The van der Waals surface area contributed by atoms with Crippen LogP contribution >= 0.6 is 0 Å². The lowest BCUT2D eigenvalue weighted by molar-refractivity contribution is 0.0943. The van der Waals surface area contributed by atoms with Crippen molar-refractivity contribution < 1.29 is 9.18 Å². The minimum Gasteiger partial charge on any atom is -0.352 e. The number of nitrogens with one attached hydrogen (secondary N) is 2. The minimum absolute atomic E-state index is 0.0333. The van der Waals surface area contributed by atoms with Crippen molar-refractivity contribution in [3.8, 4) is 0 Å². The summed E-state index contributed by atoms with van der Waals surface area (Å²) in [4.78, 5) is 15.6. The molecule has 0 radical (unpaired) electrons. The maximum Gasteiger partial charge on any atom is 0.254 e. The van der Waals surface area contributed by atoms with Gasteiger partial charge in [0.05, 0.1) is 5.56 Å². The Morgan fingerprint density at radius 3 is 3.00 bits per heavy atom. The molecule has 1 saturated carbocycles. The summed E-state index contributed by atoms with van der Waals surface area (Å²) in [5, 5.41) is 2.78. The van der Waals surface area contributed by atoms with Crippen molar-refractivity contribution in [1.82, 2.24) is 10.3 Å². The Balaban J connectivity index is 1.96. The van der Waals surface area contributed by atoms with Gasteiger partial charge in [-0.2, -0.15) is 0 Å². The molecule has 1 fully saturated rings. The van der Waals surface area contributed by atoms with Gasteiger partial charge in [-0.05, 0) is 30.7 Å². The van der Waals surface area contributed by atoms with E-state index in [2.05, 4.69) is 22.7 Å². The van der Waals surface area contributed by atoms with E-state index in [4.69, 9.17) is 5.84 Å². The van der Waals surface area contributed by atoms with Crippen LogP contribution in [-0.2, 0) is 0 Å². The van der Waals surface area contributed by atoms with Gasteiger partial charge in [-0.25, -0.2) is 15.2 Å². The zero-order valence-electron chi connectivity index (χ0n) is 10.9. The van der Waals surface area contributed by atoms with Gasteiger partial charge in [0.15, 0.2) is 11.6 Å². The van der Waals surface area contributed by atoms with Gasteiger partial charge >= 0.3 is 0 Å². The third-order valence-corrected chi connectivity index (χ3v) is 3.63. The highest BCUT2D eigenvalue weighted by Gasteiger charge is 2.22. The van der Waals surface area contributed by atoms with Crippen molar-refractivity contribution in [1.29, 1.82) is 0 Å². The van der Waals surface area contributed by atoms with Crippen LogP contribution in [0.4, 0.5) is 10.2 Å². The van der Waals surface area contributed by atoms with E-state index in [9.17, 15) is 9.18 Å². The molecule has 2 rings (SSSR count). The highest BCUT2D eigenvalue weighted by atomic mass is 19.1. The molecule has 1 aliphatic rings. The number of anilines is 1. The maximum absolute atomic E-state index is 13.8. The molecule has 1 heterocycles. The Morgan fingerprint density at radius 1 is 1.58 bits per heavy atom. The van der Waals surface area contributed by atoms with E-state index in [1.165, 1.54) is 18.7 Å². The zero-order valence-corrected chi connectivity index (χ0v) is 10.9. The molecule has 0 aromatic carbocycles. The molecule has 104 valence electrons. The quantitative estimate of drug-likeness (QED) is 0.572. The maximum atomic E-state index is 13.8. The van der Waals surface area contributed by atoms with Crippen LogP contribution < -0.4 is 16.6 Å². The van der Waals surface area contributed by atoms with E-state index in [-0.39, 0.29) is 11.4 Å². The van der Waals surface area contributed by atoms with Gasteiger partial charge in [0, 0.05) is 12.7 Å². The summed E-state index contributed by atoms with van der Waals surface area (Å²) in [6, 6.07) is 1.35. The molecule has 0 bridgehead atoms. The number of rotatable bonds is 4. The standard InChI is InChI=1S/C13H19FN4O/c1-8-2-3-9(6-8)7-17-13(19)10-4-5-16-12(18-15)11(10)14/h4-5,8-9H,2-3,6-7,15H2,1H3,(H,16,18)(H,17,19). The first-order chi connectivity index (χ1) is 9.11. The summed E-state index contributed by atoms with van der Waals surface area (Å²) < 4.78 is 13.8. The molecule has 1 aromatic heterocycles. The molecular weight excluding hydrogens is 247 g/mol. The second kappa shape index (κ2) is 5.97. The van der Waals surface area contributed by atoms with Crippen molar-refractivity contribution >= 4 is 11.7 Å². The topological polar surface area (TPSA) is 80.0 Å². The van der Waals surface area contributed by atoms with Crippen LogP contribution in [0.5, 0.6) is 0 Å². The van der Waals surface area contributed by atoms with Gasteiger partial charge in [0.2, 0.25) is 0 Å². The van der Waals surface area contributed by atoms with Gasteiger partial charge in [0.1, 0.15) is 0 Å². The second-order valence-electron chi connectivity index (χ2n) is 5.16. The lowest BCUT2D eigenvalue weighted by Gasteiger charge is -2.12. The van der Waals surface area contributed by atoms with Gasteiger partial charge in [-0.1, -0.05) is 13.3 Å². The van der Waals surface area contributed by atoms with E-state index in [1.54, 1.807) is 0 Å². The Bertz CT molecular complexity index is 466. The van der Waals surface area contributed by atoms with Crippen molar-refractivity contribution in [3.63, 3.8) is 0 Å². The fourth-order valence-electron chi connectivity index (χ4n) is 2.56. The largest absolute Gasteiger partial charge is 0.352 e. The predicted octanol–water partition coefficient (Wildman–Crippen LogP) is 1.67. The predicted molar refractivity (Wildman–Crippen MR) is 70.8 cm³/mol. The number of amides is 1. The van der Waals surface area contributed by atoms with Gasteiger partial charge in [0.25, 0.3) is 5.91 Å². The monoisotopic (exact) mass is 266 g/mol. The zero-order chi connectivity index (χ0) is 13.8. The van der Waals surface area contributed by atoms with Gasteiger partial charge < -0.3 is 10.7 Å². The highest BCUT2D eigenvalue weighted by Crippen LogP contribution is 2.29. The van der Waals surface area contributed by atoms with Gasteiger partial charge in [-0.3, -0.25) is 4.79 Å². The molecule has 19 heavy (non-hydrogen) atoms. The Labute approximate surface area is 111 Å². The van der Waals surface area contributed by atoms with Crippen LogP contribution in [0.2, 0.25) is 0 Å². The number of carbonyl (C=O) groups is 1. The number of hydrazine groups is 1. The van der Waals surface area contributed by atoms with E-state index in [1.807, 2.05) is 0 Å². The number of hydrogen-bond donors (Lipinski definition) is 3. The highest BCUT2D eigenvalue weighted by molar-refractivity contribution is 5.95. The van der Waals surface area contributed by atoms with E-state index >= 15 is 0 Å². The number of hydrogen-bond acceptors (Lipinski definition) is 4. The third kappa shape index (κ3) is 3.20. The molecule has 1 amide bonds. The molecule has 1 aromatic rings. The number of aromatic nitrogens is 1. The molecular formula is C13H19FN4O. The van der Waals surface area contributed by atoms with Crippen LogP contribution in [-0.4, -0.2) is 17.4 Å². The van der Waals surface area contributed by atoms with Gasteiger partial charge in [-0.15, -0.1) is 0 Å². The summed E-state index contributed by atoms with van der Waals surface area (Å²) in [5.74, 6) is 5.07. The van der Waals surface area contributed by atoms with Crippen LogP contribution in [0.25, 0.3) is 0 Å². The van der Waals surface area contributed by atoms with E-state index < -0.39 is 11.7 Å². The summed E-state index contributed by atoms with van der Waals surface area (Å²) in [6.07, 6.45) is 4.79. The summed E-state index contributed by atoms with van der Waals surface area (Å²) in [5.41, 5.74) is 2.09. The number of pyridine rings is 1. The summed E-state index contributed by atoms with van der Waals surface area (Å²) >= 11 is 0. The van der Waals surface area contributed by atoms with E-state index in [0.717, 1.165) is 12.8 Å². The minimum atomic E-state index is -0.720. The SMILES string of the molecule is CC1CCC(CNC(=O)c2ccnc(NN)c2F)C1. The van der Waals surface area contributed by atoms with Crippen LogP contribution in [0.1, 0.15) is 36.5 Å². The molecule has 6 heteroatoms. The first kappa shape index (κ1) is 13.7. The fourth-order valence-corrected chi connectivity index (χ4v) is 2.56. The number of nitrogens with two attached hydrogens (primary N) is 1. The normalized spacial score (nSPS) is 22.3. The number of carbonyl (C=O) groups excluding carboxylic acids is 1. The average molecular weight is 266 g/mol. The Hall–Kier alpha value is -1.69. The lowest BCUT2D eigenvalue weighted by Crippen LogP contribution is -2.29. The molecule has 2 unspecified atom stereocenters. The molecule has 5 nitrogen and oxygen atoms in total. The Kier molecular flexibility index (Phi) is 4.31. The smallest absolute Gasteiger partial charge is 0.254 e. The molecule has 0 aliphatic heterocycles. The summed E-state index contributed by atoms with van der Waals surface area (Å²) in [7, 11) is 0. The summed E-state index contributed by atoms with van der Waals surface area (Å²) in [6.45, 7) is 2.81. The van der Waals surface area contributed by atoms with Crippen LogP contribution in [0.3, 0.4) is 0 Å². The molecule has 4 N–H and O–H groups in total.